The lowest BCUT2D eigenvalue weighted by Crippen LogP contribution is -2.63. The highest BCUT2D eigenvalue weighted by Gasteiger charge is 2.83. The van der Waals surface area contributed by atoms with Gasteiger partial charge in [0.1, 0.15) is 17.8 Å². The molecule has 5 N–H and O–H groups in total. The number of esters is 1. The molecule has 0 amide bonds. The number of hydrogen-bond acceptors (Lipinski definition) is 8. The molecule has 4 saturated carbocycles. The Morgan fingerprint density at radius 3 is 2.39 bits per heavy atom. The first-order chi connectivity index (χ1) is 14.1. The van der Waals surface area contributed by atoms with Gasteiger partial charge < -0.3 is 35.0 Å². The highest BCUT2D eigenvalue weighted by atomic mass is 16.6. The molecule has 4 aliphatic carbocycles. The second kappa shape index (κ2) is 6.02. The molecule has 2 bridgehead atoms. The maximum Gasteiger partial charge on any atom is 0.334 e. The van der Waals surface area contributed by atoms with Crippen molar-refractivity contribution >= 4 is 5.97 Å². The summed E-state index contributed by atoms with van der Waals surface area (Å²) < 4.78 is 11.7. The van der Waals surface area contributed by atoms with Crippen molar-refractivity contribution in [1.29, 1.82) is 0 Å². The molecule has 0 aromatic carbocycles. The minimum atomic E-state index is -1.58. The van der Waals surface area contributed by atoms with Crippen LogP contribution in [0.15, 0.2) is 0 Å². The van der Waals surface area contributed by atoms with Crippen molar-refractivity contribution in [3.63, 3.8) is 0 Å². The van der Waals surface area contributed by atoms with Crippen molar-refractivity contribution in [2.24, 2.45) is 28.6 Å². The van der Waals surface area contributed by atoms with Crippen molar-refractivity contribution in [2.45, 2.75) is 108 Å². The van der Waals surface area contributed by atoms with Gasteiger partial charge in [-0.2, -0.15) is 0 Å². The minimum absolute atomic E-state index is 0.0914. The lowest BCUT2D eigenvalue weighted by atomic mass is 9.57. The van der Waals surface area contributed by atoms with Gasteiger partial charge in [0.2, 0.25) is 0 Å². The molecule has 0 aromatic rings. The number of fused-ring (bicyclic) bond motifs is 4. The molecule has 4 unspecified atom stereocenters. The van der Waals surface area contributed by atoms with E-state index in [1.807, 2.05) is 13.8 Å². The molecule has 8 heteroatoms. The SMILES string of the molecule is CC(O)C(=O)OC1[C@@H]2CC[C@@H]3C1(C[C@H](O)[C@@]1(O)[C@@H](C4O[C@@H]4C1(C)C)[C@]3(C)O)C[C@@]2(C)O. The van der Waals surface area contributed by atoms with Crippen LogP contribution in [-0.4, -0.2) is 78.8 Å². The number of epoxide rings is 1. The molecule has 5 aliphatic rings. The van der Waals surface area contributed by atoms with Gasteiger partial charge in [-0.15, -0.1) is 0 Å². The summed E-state index contributed by atoms with van der Waals surface area (Å²) in [6, 6.07) is 0. The fourth-order valence-electron chi connectivity index (χ4n) is 8.65. The molecular weight excluding hydrogens is 404 g/mol. The van der Waals surface area contributed by atoms with E-state index in [4.69, 9.17) is 9.47 Å². The number of hydrogen-bond donors (Lipinski definition) is 5. The zero-order chi connectivity index (χ0) is 22.9. The van der Waals surface area contributed by atoms with Gasteiger partial charge in [-0.25, -0.2) is 4.79 Å². The average Bonchev–Trinajstić information content (AvgIpc) is 3.36. The summed E-state index contributed by atoms with van der Waals surface area (Å²) in [7, 11) is 0. The second-order valence-corrected chi connectivity index (χ2v) is 12.0. The molecule has 1 aliphatic heterocycles. The standard InChI is InChI=1S/C23H36O8/c1-10(24)18(26)31-16-11-6-7-12-21(5,28)15-14-17(30-14)19(2,3)23(15,29)13(25)8-22(12,16)9-20(11,4)27/h10-17,24-25,27-29H,6-9H2,1-5H3/t10?,11-,12-,13-,14?,15-,16?,17-,20+,21+,22?,23+/m0/s1. The highest BCUT2D eigenvalue weighted by molar-refractivity contribution is 5.74. The first-order valence-electron chi connectivity index (χ1n) is 11.5. The zero-order valence-corrected chi connectivity index (χ0v) is 18.9. The van der Waals surface area contributed by atoms with Crippen LogP contribution in [0.5, 0.6) is 0 Å². The molecule has 1 heterocycles. The van der Waals surface area contributed by atoms with Crippen LogP contribution in [0.2, 0.25) is 0 Å². The van der Waals surface area contributed by atoms with Gasteiger partial charge in [-0.1, -0.05) is 13.8 Å². The van der Waals surface area contributed by atoms with Gasteiger partial charge in [0.05, 0.1) is 29.5 Å². The van der Waals surface area contributed by atoms with Crippen LogP contribution >= 0.6 is 0 Å². The second-order valence-electron chi connectivity index (χ2n) is 12.0. The Bertz CT molecular complexity index is 805. The number of rotatable bonds is 2. The van der Waals surface area contributed by atoms with Gasteiger partial charge in [0.25, 0.3) is 0 Å². The molecule has 1 spiro atoms. The number of ether oxygens (including phenoxy) is 2. The van der Waals surface area contributed by atoms with E-state index in [1.165, 1.54) is 6.92 Å². The first-order valence-corrected chi connectivity index (χ1v) is 11.5. The topological polar surface area (TPSA) is 140 Å². The largest absolute Gasteiger partial charge is 0.459 e. The molecule has 8 nitrogen and oxygen atoms in total. The van der Waals surface area contributed by atoms with Crippen molar-refractivity contribution in [1.82, 2.24) is 0 Å². The van der Waals surface area contributed by atoms with E-state index in [1.54, 1.807) is 13.8 Å². The quantitative estimate of drug-likeness (QED) is 0.301. The average molecular weight is 441 g/mol. The number of aliphatic hydroxyl groups excluding tert-OH is 2. The molecule has 1 saturated heterocycles. The molecule has 12 atom stereocenters. The lowest BCUT2D eigenvalue weighted by molar-refractivity contribution is -0.223. The van der Waals surface area contributed by atoms with Crippen LogP contribution in [-0.2, 0) is 14.3 Å². The van der Waals surface area contributed by atoms with Crippen LogP contribution in [0.25, 0.3) is 0 Å². The van der Waals surface area contributed by atoms with E-state index in [0.717, 1.165) is 0 Å². The van der Waals surface area contributed by atoms with Crippen LogP contribution < -0.4 is 0 Å². The van der Waals surface area contributed by atoms with Gasteiger partial charge in [-0.05, 0) is 52.4 Å². The monoisotopic (exact) mass is 440 g/mol. The van der Waals surface area contributed by atoms with Crippen molar-refractivity contribution in [3.05, 3.63) is 0 Å². The summed E-state index contributed by atoms with van der Waals surface area (Å²) in [5.41, 5.74) is -5.87. The summed E-state index contributed by atoms with van der Waals surface area (Å²) in [4.78, 5) is 12.4. The fraction of sp³-hybridized carbons (Fsp3) is 0.957. The van der Waals surface area contributed by atoms with E-state index < -0.39 is 63.8 Å². The Hall–Kier alpha value is -0.770. The van der Waals surface area contributed by atoms with Gasteiger partial charge in [-0.3, -0.25) is 0 Å². The number of carbonyl (C=O) groups excluding carboxylic acids is 1. The third-order valence-electron chi connectivity index (χ3n) is 9.95. The Morgan fingerprint density at radius 2 is 1.77 bits per heavy atom. The Balaban J connectivity index is 1.66. The smallest absolute Gasteiger partial charge is 0.334 e. The number of aliphatic hydroxyl groups is 5. The molecule has 31 heavy (non-hydrogen) atoms. The van der Waals surface area contributed by atoms with Crippen molar-refractivity contribution < 1.29 is 39.8 Å². The van der Waals surface area contributed by atoms with Crippen molar-refractivity contribution in [3.8, 4) is 0 Å². The zero-order valence-electron chi connectivity index (χ0n) is 18.9. The maximum absolute atomic E-state index is 12.4. The minimum Gasteiger partial charge on any atom is -0.459 e. The summed E-state index contributed by atoms with van der Waals surface area (Å²) in [5.74, 6) is -2.28. The molecule has 0 radical (unpaired) electrons. The molecular formula is C23H36O8. The maximum atomic E-state index is 12.4. The summed E-state index contributed by atoms with van der Waals surface area (Å²) in [5, 5.41) is 56.6. The summed E-state index contributed by atoms with van der Waals surface area (Å²) >= 11 is 0. The Morgan fingerprint density at radius 1 is 1.13 bits per heavy atom. The van der Waals surface area contributed by atoms with Gasteiger partial charge >= 0.3 is 5.97 Å². The molecule has 5 fully saturated rings. The van der Waals surface area contributed by atoms with E-state index in [-0.39, 0.29) is 31.0 Å². The van der Waals surface area contributed by atoms with Crippen molar-refractivity contribution in [2.75, 3.05) is 0 Å². The molecule has 5 rings (SSSR count). The molecule has 0 aromatic heterocycles. The summed E-state index contributed by atoms with van der Waals surface area (Å²) in [6.07, 6.45) is -2.43. The van der Waals surface area contributed by atoms with E-state index >= 15 is 0 Å². The first kappa shape index (κ1) is 22.0. The Kier molecular flexibility index (Phi) is 4.28. The molecule has 176 valence electrons. The van der Waals surface area contributed by atoms with Crippen LogP contribution in [0.4, 0.5) is 0 Å². The van der Waals surface area contributed by atoms with E-state index in [0.29, 0.717) is 12.8 Å². The van der Waals surface area contributed by atoms with Gasteiger partial charge in [0, 0.05) is 22.7 Å². The summed E-state index contributed by atoms with van der Waals surface area (Å²) in [6.45, 7) is 8.47. The fourth-order valence-corrected chi connectivity index (χ4v) is 8.65. The van der Waals surface area contributed by atoms with Crippen LogP contribution in [0, 0.1) is 28.6 Å². The van der Waals surface area contributed by atoms with Crippen LogP contribution in [0.3, 0.4) is 0 Å². The predicted octanol–water partition coefficient (Wildman–Crippen LogP) is 0.116. The van der Waals surface area contributed by atoms with E-state index in [2.05, 4.69) is 0 Å². The normalized spacial score (nSPS) is 59.7. The lowest BCUT2D eigenvalue weighted by Gasteiger charge is -2.52. The third kappa shape index (κ3) is 2.44. The van der Waals surface area contributed by atoms with Crippen LogP contribution in [0.1, 0.15) is 60.3 Å². The highest BCUT2D eigenvalue weighted by Crippen LogP contribution is 2.73. The predicted molar refractivity (Wildman–Crippen MR) is 108 cm³/mol. The number of carbonyl (C=O) groups is 1. The van der Waals surface area contributed by atoms with Gasteiger partial charge in [0.15, 0.2) is 0 Å². The third-order valence-corrected chi connectivity index (χ3v) is 9.95. The van der Waals surface area contributed by atoms with E-state index in [9.17, 15) is 30.3 Å². The Labute approximate surface area is 182 Å².